The van der Waals surface area contributed by atoms with Crippen molar-refractivity contribution < 1.29 is 0 Å². The van der Waals surface area contributed by atoms with Gasteiger partial charge in [-0.2, -0.15) is 0 Å². The number of nitrogens with zero attached hydrogens (tertiary/aromatic N) is 2. The lowest BCUT2D eigenvalue weighted by atomic mass is 9.97. The number of nitrogens with one attached hydrogen (secondary N) is 1. The number of piperazine rings is 1. The van der Waals surface area contributed by atoms with Crippen LogP contribution in [0.3, 0.4) is 0 Å². The molecule has 2 saturated heterocycles. The first-order valence-electron chi connectivity index (χ1n) is 8.42. The minimum Gasteiger partial charge on any atom is -0.313 e. The zero-order chi connectivity index (χ0) is 13.7. The van der Waals surface area contributed by atoms with Crippen LogP contribution in [0.1, 0.15) is 52.9 Å². The zero-order valence-corrected chi connectivity index (χ0v) is 13.2. The van der Waals surface area contributed by atoms with Gasteiger partial charge in [0.15, 0.2) is 0 Å². The van der Waals surface area contributed by atoms with Gasteiger partial charge in [-0.15, -0.1) is 0 Å². The molecule has 0 aromatic carbocycles. The van der Waals surface area contributed by atoms with Crippen molar-refractivity contribution in [2.75, 3.05) is 32.7 Å². The van der Waals surface area contributed by atoms with E-state index in [1.807, 2.05) is 0 Å². The molecule has 2 rings (SSSR count). The third kappa shape index (κ3) is 4.44. The van der Waals surface area contributed by atoms with E-state index in [4.69, 9.17) is 0 Å². The van der Waals surface area contributed by atoms with Crippen LogP contribution in [-0.2, 0) is 0 Å². The molecule has 0 radical (unpaired) electrons. The van der Waals surface area contributed by atoms with Gasteiger partial charge in [0.05, 0.1) is 0 Å². The molecule has 2 fully saturated rings. The molecule has 2 aliphatic heterocycles. The van der Waals surface area contributed by atoms with E-state index in [1.54, 1.807) is 0 Å². The van der Waals surface area contributed by atoms with Crippen molar-refractivity contribution in [2.24, 2.45) is 0 Å². The Bertz CT molecular complexity index is 256. The highest BCUT2D eigenvalue weighted by molar-refractivity contribution is 4.89. The molecule has 0 aromatic rings. The largest absolute Gasteiger partial charge is 0.313 e. The number of piperidine rings is 1. The van der Waals surface area contributed by atoms with Crippen molar-refractivity contribution in [3.63, 3.8) is 0 Å². The molecule has 1 N–H and O–H groups in total. The standard InChI is InChI=1S/C16H33N3/c1-4-7-14(2)17-9-11-18-13-16-8-5-6-10-19(16)12-15(18)3/h14-17H,4-13H2,1-3H3. The average molecular weight is 267 g/mol. The summed E-state index contributed by atoms with van der Waals surface area (Å²) in [6.07, 6.45) is 6.86. The van der Waals surface area contributed by atoms with Crippen molar-refractivity contribution in [1.29, 1.82) is 0 Å². The van der Waals surface area contributed by atoms with Crippen LogP contribution in [0.2, 0.25) is 0 Å². The van der Waals surface area contributed by atoms with Crippen molar-refractivity contribution >= 4 is 0 Å². The summed E-state index contributed by atoms with van der Waals surface area (Å²) in [6, 6.07) is 2.26. The van der Waals surface area contributed by atoms with E-state index < -0.39 is 0 Å². The Morgan fingerprint density at radius 1 is 1.26 bits per heavy atom. The number of fused-ring (bicyclic) bond motifs is 1. The monoisotopic (exact) mass is 267 g/mol. The first kappa shape index (κ1) is 15.3. The van der Waals surface area contributed by atoms with Crippen molar-refractivity contribution in [3.8, 4) is 0 Å². The third-order valence-electron chi connectivity index (χ3n) is 4.93. The maximum absolute atomic E-state index is 3.67. The second kappa shape index (κ2) is 7.61. The van der Waals surface area contributed by atoms with Crippen molar-refractivity contribution in [1.82, 2.24) is 15.1 Å². The van der Waals surface area contributed by atoms with Gasteiger partial charge >= 0.3 is 0 Å². The highest BCUT2D eigenvalue weighted by Gasteiger charge is 2.32. The third-order valence-corrected chi connectivity index (χ3v) is 4.93. The number of hydrogen-bond donors (Lipinski definition) is 1. The fourth-order valence-electron chi connectivity index (χ4n) is 3.71. The van der Waals surface area contributed by atoms with Gasteiger partial charge in [0.25, 0.3) is 0 Å². The summed E-state index contributed by atoms with van der Waals surface area (Å²) < 4.78 is 0. The van der Waals surface area contributed by atoms with Gasteiger partial charge in [0.1, 0.15) is 0 Å². The van der Waals surface area contributed by atoms with Crippen LogP contribution in [0.25, 0.3) is 0 Å². The van der Waals surface area contributed by atoms with E-state index in [0.717, 1.165) is 18.6 Å². The van der Waals surface area contributed by atoms with Crippen molar-refractivity contribution in [2.45, 2.75) is 71.0 Å². The molecule has 0 saturated carbocycles. The van der Waals surface area contributed by atoms with Gasteiger partial charge in [0.2, 0.25) is 0 Å². The smallest absolute Gasteiger partial charge is 0.0223 e. The van der Waals surface area contributed by atoms with E-state index in [-0.39, 0.29) is 0 Å². The summed E-state index contributed by atoms with van der Waals surface area (Å²) in [6.45, 7) is 13.3. The first-order valence-corrected chi connectivity index (χ1v) is 8.42. The highest BCUT2D eigenvalue weighted by atomic mass is 15.3. The van der Waals surface area contributed by atoms with E-state index in [2.05, 4.69) is 35.9 Å². The molecule has 0 spiro atoms. The van der Waals surface area contributed by atoms with Crippen LogP contribution in [0.4, 0.5) is 0 Å². The second-order valence-corrected chi connectivity index (χ2v) is 6.63. The molecule has 3 nitrogen and oxygen atoms in total. The molecule has 112 valence electrons. The molecule has 0 aliphatic carbocycles. The average Bonchev–Trinajstić information content (AvgIpc) is 2.39. The molecular formula is C16H33N3. The fraction of sp³-hybridized carbons (Fsp3) is 1.00. The summed E-state index contributed by atoms with van der Waals surface area (Å²) in [5, 5.41) is 3.67. The van der Waals surface area contributed by atoms with E-state index >= 15 is 0 Å². The van der Waals surface area contributed by atoms with Crippen LogP contribution in [0.15, 0.2) is 0 Å². The number of rotatable bonds is 6. The summed E-state index contributed by atoms with van der Waals surface area (Å²) in [5.74, 6) is 0. The molecule has 19 heavy (non-hydrogen) atoms. The Labute approximate surface area is 119 Å². The SMILES string of the molecule is CCCC(C)NCCN1CC2CCCCN2CC1C. The van der Waals surface area contributed by atoms with E-state index in [1.165, 1.54) is 58.3 Å². The fourth-order valence-corrected chi connectivity index (χ4v) is 3.71. The molecule has 3 atom stereocenters. The highest BCUT2D eigenvalue weighted by Crippen LogP contribution is 2.23. The van der Waals surface area contributed by atoms with Crippen LogP contribution in [0.5, 0.6) is 0 Å². The molecule has 0 amide bonds. The van der Waals surface area contributed by atoms with Gasteiger partial charge in [-0.25, -0.2) is 0 Å². The van der Waals surface area contributed by atoms with Crippen LogP contribution >= 0.6 is 0 Å². The Balaban J connectivity index is 1.71. The van der Waals surface area contributed by atoms with Gasteiger partial charge in [-0.3, -0.25) is 9.80 Å². The first-order chi connectivity index (χ1) is 9.20. The summed E-state index contributed by atoms with van der Waals surface area (Å²) in [7, 11) is 0. The number of hydrogen-bond acceptors (Lipinski definition) is 3. The zero-order valence-electron chi connectivity index (χ0n) is 13.2. The summed E-state index contributed by atoms with van der Waals surface area (Å²) in [5.41, 5.74) is 0. The summed E-state index contributed by atoms with van der Waals surface area (Å²) in [4.78, 5) is 5.44. The molecule has 3 unspecified atom stereocenters. The Hall–Kier alpha value is -0.120. The van der Waals surface area contributed by atoms with Crippen LogP contribution in [-0.4, -0.2) is 60.6 Å². The maximum atomic E-state index is 3.67. The molecular weight excluding hydrogens is 234 g/mol. The lowest BCUT2D eigenvalue weighted by molar-refractivity contribution is 0.0158. The Morgan fingerprint density at radius 2 is 2.11 bits per heavy atom. The second-order valence-electron chi connectivity index (χ2n) is 6.63. The van der Waals surface area contributed by atoms with E-state index in [9.17, 15) is 0 Å². The molecule has 0 bridgehead atoms. The maximum Gasteiger partial charge on any atom is 0.0223 e. The molecule has 3 heteroatoms. The Kier molecular flexibility index (Phi) is 6.11. The Morgan fingerprint density at radius 3 is 2.89 bits per heavy atom. The topological polar surface area (TPSA) is 18.5 Å². The molecule has 2 heterocycles. The van der Waals surface area contributed by atoms with Gasteiger partial charge in [0, 0.05) is 44.3 Å². The minimum absolute atomic E-state index is 0.677. The minimum atomic E-state index is 0.677. The summed E-state index contributed by atoms with van der Waals surface area (Å²) >= 11 is 0. The van der Waals surface area contributed by atoms with Crippen LogP contribution < -0.4 is 5.32 Å². The van der Waals surface area contributed by atoms with Gasteiger partial charge < -0.3 is 5.32 Å². The van der Waals surface area contributed by atoms with Crippen molar-refractivity contribution in [3.05, 3.63) is 0 Å². The van der Waals surface area contributed by atoms with Gasteiger partial charge in [-0.1, -0.05) is 19.8 Å². The van der Waals surface area contributed by atoms with Gasteiger partial charge in [-0.05, 0) is 39.7 Å². The normalized spacial score (nSPS) is 31.1. The lowest BCUT2D eigenvalue weighted by Gasteiger charge is -2.47. The van der Waals surface area contributed by atoms with Crippen LogP contribution in [0, 0.1) is 0 Å². The molecule has 0 aromatic heterocycles. The van der Waals surface area contributed by atoms with E-state index in [0.29, 0.717) is 6.04 Å². The molecule has 2 aliphatic rings. The predicted octanol–water partition coefficient (Wildman–Crippen LogP) is 2.32. The quantitative estimate of drug-likeness (QED) is 0.797. The predicted molar refractivity (Wildman–Crippen MR) is 82.6 cm³/mol. The lowest BCUT2D eigenvalue weighted by Crippen LogP contribution is -2.59.